The average Bonchev–Trinajstić information content (AvgIpc) is 2.02. The summed E-state index contributed by atoms with van der Waals surface area (Å²) < 4.78 is 0. The molecular formula is C8H12ClNO. The van der Waals surface area contributed by atoms with Gasteiger partial charge in [-0.2, -0.15) is 0 Å². The summed E-state index contributed by atoms with van der Waals surface area (Å²) in [5.41, 5.74) is 0.724. The number of aromatic amines is 1. The van der Waals surface area contributed by atoms with Crippen LogP contribution in [0.15, 0.2) is 17.1 Å². The van der Waals surface area contributed by atoms with Crippen molar-refractivity contribution in [3.8, 4) is 0 Å². The lowest BCUT2D eigenvalue weighted by molar-refractivity contribution is 1.20. The van der Waals surface area contributed by atoms with Crippen LogP contribution in [-0.4, -0.2) is 4.98 Å². The third-order valence-corrected chi connectivity index (χ3v) is 1.28. The minimum absolute atomic E-state index is 0.234. The Morgan fingerprint density at radius 2 is 2.00 bits per heavy atom. The van der Waals surface area contributed by atoms with Crippen molar-refractivity contribution in [3.05, 3.63) is 33.2 Å². The van der Waals surface area contributed by atoms with Gasteiger partial charge in [-0.05, 0) is 18.6 Å². The third kappa shape index (κ3) is 3.23. The molecule has 0 atom stereocenters. The van der Waals surface area contributed by atoms with Crippen molar-refractivity contribution >= 4 is 11.6 Å². The molecule has 0 saturated heterocycles. The van der Waals surface area contributed by atoms with Gasteiger partial charge in [0, 0.05) is 6.20 Å². The number of pyridine rings is 1. The van der Waals surface area contributed by atoms with E-state index in [1.165, 1.54) is 0 Å². The fourth-order valence-electron chi connectivity index (χ4n) is 0.555. The van der Waals surface area contributed by atoms with Gasteiger partial charge in [0.1, 0.15) is 5.02 Å². The van der Waals surface area contributed by atoms with Crippen molar-refractivity contribution in [2.75, 3.05) is 0 Å². The molecule has 0 radical (unpaired) electrons. The molecule has 2 nitrogen and oxygen atoms in total. The molecule has 0 fully saturated rings. The first-order valence-corrected chi connectivity index (χ1v) is 3.93. The summed E-state index contributed by atoms with van der Waals surface area (Å²) in [6, 6.07) is 1.63. The third-order valence-electron chi connectivity index (χ3n) is 1.00. The van der Waals surface area contributed by atoms with Crippen molar-refractivity contribution in [1.29, 1.82) is 0 Å². The van der Waals surface area contributed by atoms with Crippen LogP contribution in [0.1, 0.15) is 19.4 Å². The van der Waals surface area contributed by atoms with Gasteiger partial charge in [-0.1, -0.05) is 25.4 Å². The largest absolute Gasteiger partial charge is 0.328 e. The molecule has 3 heteroatoms. The zero-order valence-corrected chi connectivity index (χ0v) is 7.70. The molecule has 11 heavy (non-hydrogen) atoms. The molecule has 0 aromatic carbocycles. The Morgan fingerprint density at radius 1 is 1.45 bits per heavy atom. The summed E-state index contributed by atoms with van der Waals surface area (Å²) >= 11 is 5.47. The van der Waals surface area contributed by atoms with Gasteiger partial charge in [-0.3, -0.25) is 4.79 Å². The first-order valence-electron chi connectivity index (χ1n) is 3.55. The molecule has 0 saturated carbocycles. The van der Waals surface area contributed by atoms with Gasteiger partial charge in [-0.25, -0.2) is 0 Å². The number of nitrogens with one attached hydrogen (secondary N) is 1. The molecule has 0 aliphatic heterocycles. The highest BCUT2D eigenvalue weighted by Gasteiger charge is 1.91. The fraction of sp³-hybridized carbons (Fsp3) is 0.375. The minimum Gasteiger partial charge on any atom is -0.328 e. The Bertz CT molecular complexity index is 267. The summed E-state index contributed by atoms with van der Waals surface area (Å²) in [5, 5.41) is 0.245. The van der Waals surface area contributed by atoms with Crippen LogP contribution in [0, 0.1) is 6.92 Å². The van der Waals surface area contributed by atoms with E-state index in [0.717, 1.165) is 5.56 Å². The predicted octanol–water partition coefficient (Wildman–Crippen LogP) is 2.36. The normalized spacial score (nSPS) is 8.36. The van der Waals surface area contributed by atoms with Gasteiger partial charge >= 0.3 is 0 Å². The van der Waals surface area contributed by atoms with Gasteiger partial charge < -0.3 is 4.98 Å². The van der Waals surface area contributed by atoms with Crippen molar-refractivity contribution in [2.24, 2.45) is 0 Å². The SMILES string of the molecule is CC.Cc1c[nH]c(=O)c(Cl)c1. The Morgan fingerprint density at radius 3 is 2.36 bits per heavy atom. The molecule has 1 aromatic heterocycles. The number of aryl methyl sites for hydroxylation is 1. The van der Waals surface area contributed by atoms with E-state index < -0.39 is 0 Å². The quantitative estimate of drug-likeness (QED) is 0.642. The first kappa shape index (κ1) is 10.2. The minimum atomic E-state index is -0.234. The maximum Gasteiger partial charge on any atom is 0.266 e. The molecule has 0 aliphatic rings. The fourth-order valence-corrected chi connectivity index (χ4v) is 0.782. The zero-order valence-electron chi connectivity index (χ0n) is 6.94. The van der Waals surface area contributed by atoms with Crippen LogP contribution < -0.4 is 5.56 Å². The molecule has 0 amide bonds. The first-order chi connectivity index (χ1) is 5.20. The number of hydrogen-bond donors (Lipinski definition) is 1. The standard InChI is InChI=1S/C6H6ClNO.C2H6/c1-4-2-5(7)6(9)8-3-4;1-2/h2-3H,1H3,(H,8,9);1-2H3. The monoisotopic (exact) mass is 173 g/mol. The van der Waals surface area contributed by atoms with Crippen molar-refractivity contribution in [1.82, 2.24) is 4.98 Å². The Labute approximate surface area is 71.2 Å². The smallest absolute Gasteiger partial charge is 0.266 e. The van der Waals surface area contributed by atoms with E-state index in [2.05, 4.69) is 4.98 Å². The van der Waals surface area contributed by atoms with Gasteiger partial charge in [0.05, 0.1) is 0 Å². The molecule has 0 spiro atoms. The van der Waals surface area contributed by atoms with E-state index in [-0.39, 0.29) is 10.6 Å². The second-order valence-corrected chi connectivity index (χ2v) is 2.26. The van der Waals surface area contributed by atoms with E-state index in [1.54, 1.807) is 12.3 Å². The van der Waals surface area contributed by atoms with Gasteiger partial charge in [0.2, 0.25) is 0 Å². The molecule has 0 bridgehead atoms. The van der Waals surface area contributed by atoms with Crippen molar-refractivity contribution in [3.63, 3.8) is 0 Å². The lowest BCUT2D eigenvalue weighted by atomic mass is 10.3. The Kier molecular flexibility index (Phi) is 4.62. The van der Waals surface area contributed by atoms with Crippen LogP contribution in [0.5, 0.6) is 0 Å². The molecule has 1 heterocycles. The number of aromatic nitrogens is 1. The van der Waals surface area contributed by atoms with Crippen LogP contribution in [0.3, 0.4) is 0 Å². The Hall–Kier alpha value is -0.760. The van der Waals surface area contributed by atoms with Crippen molar-refractivity contribution < 1.29 is 0 Å². The summed E-state index contributed by atoms with van der Waals surface area (Å²) in [4.78, 5) is 13.1. The summed E-state index contributed by atoms with van der Waals surface area (Å²) in [6.45, 7) is 5.86. The highest BCUT2D eigenvalue weighted by molar-refractivity contribution is 6.30. The van der Waals surface area contributed by atoms with E-state index in [1.807, 2.05) is 20.8 Å². The van der Waals surface area contributed by atoms with E-state index in [4.69, 9.17) is 11.6 Å². The van der Waals surface area contributed by atoms with Crippen LogP contribution in [0.2, 0.25) is 5.02 Å². The van der Waals surface area contributed by atoms with E-state index in [9.17, 15) is 4.79 Å². The van der Waals surface area contributed by atoms with Crippen LogP contribution in [0.4, 0.5) is 0 Å². The molecule has 1 N–H and O–H groups in total. The Balaban J connectivity index is 0.000000461. The maximum atomic E-state index is 10.6. The van der Waals surface area contributed by atoms with Gasteiger partial charge in [0.25, 0.3) is 5.56 Å². The molecule has 1 aromatic rings. The molecule has 0 unspecified atom stereocenters. The number of rotatable bonds is 0. The second-order valence-electron chi connectivity index (χ2n) is 1.85. The van der Waals surface area contributed by atoms with E-state index >= 15 is 0 Å². The van der Waals surface area contributed by atoms with E-state index in [0.29, 0.717) is 0 Å². The lowest BCUT2D eigenvalue weighted by Gasteiger charge is -1.89. The highest BCUT2D eigenvalue weighted by Crippen LogP contribution is 2.00. The molecule has 62 valence electrons. The van der Waals surface area contributed by atoms with Crippen molar-refractivity contribution in [2.45, 2.75) is 20.8 Å². The lowest BCUT2D eigenvalue weighted by Crippen LogP contribution is -2.04. The number of H-pyrrole nitrogens is 1. The zero-order chi connectivity index (χ0) is 8.85. The summed E-state index contributed by atoms with van der Waals surface area (Å²) in [5.74, 6) is 0. The number of hydrogen-bond acceptors (Lipinski definition) is 1. The topological polar surface area (TPSA) is 32.9 Å². The number of halogens is 1. The predicted molar refractivity (Wildman–Crippen MR) is 48.2 cm³/mol. The second kappa shape index (κ2) is 4.97. The summed E-state index contributed by atoms with van der Waals surface area (Å²) in [6.07, 6.45) is 1.62. The van der Waals surface area contributed by atoms with Crippen LogP contribution >= 0.6 is 11.6 Å². The average molecular weight is 174 g/mol. The molecular weight excluding hydrogens is 162 g/mol. The molecule has 1 rings (SSSR count). The highest BCUT2D eigenvalue weighted by atomic mass is 35.5. The van der Waals surface area contributed by atoms with Crippen LogP contribution in [0.25, 0.3) is 0 Å². The van der Waals surface area contributed by atoms with Crippen LogP contribution in [-0.2, 0) is 0 Å². The molecule has 0 aliphatic carbocycles. The maximum absolute atomic E-state index is 10.6. The summed E-state index contributed by atoms with van der Waals surface area (Å²) in [7, 11) is 0. The van der Waals surface area contributed by atoms with Gasteiger partial charge in [-0.15, -0.1) is 0 Å². The van der Waals surface area contributed by atoms with Gasteiger partial charge in [0.15, 0.2) is 0 Å².